The maximum Gasteiger partial charge on any atom is 0.203 e. The van der Waals surface area contributed by atoms with Crippen LogP contribution in [0.2, 0.25) is 0 Å². The average molecular weight is 211 g/mol. The van der Waals surface area contributed by atoms with E-state index in [1.54, 1.807) is 0 Å². The molecule has 0 spiro atoms. The molecule has 86 valence electrons. The van der Waals surface area contributed by atoms with E-state index in [1.807, 2.05) is 0 Å². The lowest BCUT2D eigenvalue weighted by molar-refractivity contribution is -0.480. The van der Waals surface area contributed by atoms with Crippen molar-refractivity contribution in [3.63, 3.8) is 0 Å². The Labute approximate surface area is 91.7 Å². The number of nitrogens with zero attached hydrogens (tertiary/aromatic N) is 1. The van der Waals surface area contributed by atoms with Gasteiger partial charge in [0.2, 0.25) is 6.54 Å². The summed E-state index contributed by atoms with van der Waals surface area (Å²) in [5.41, 5.74) is 1.74. The average Bonchev–Trinajstić information content (AvgIpc) is 2.09. The summed E-state index contributed by atoms with van der Waals surface area (Å²) < 4.78 is 0. The van der Waals surface area contributed by atoms with E-state index in [9.17, 15) is 10.1 Å². The molecular formula is C12H21NO2. The van der Waals surface area contributed by atoms with Crippen LogP contribution in [-0.2, 0) is 0 Å². The van der Waals surface area contributed by atoms with Crippen molar-refractivity contribution in [1.82, 2.24) is 0 Å². The van der Waals surface area contributed by atoms with E-state index in [4.69, 9.17) is 0 Å². The van der Waals surface area contributed by atoms with Crippen LogP contribution in [0, 0.1) is 21.4 Å². The molecule has 0 amide bonds. The minimum absolute atomic E-state index is 0.111. The van der Waals surface area contributed by atoms with E-state index < -0.39 is 0 Å². The second-order valence-electron chi connectivity index (χ2n) is 5.23. The fraction of sp³-hybridized carbons (Fsp3) is 0.833. The van der Waals surface area contributed by atoms with Gasteiger partial charge < -0.3 is 0 Å². The van der Waals surface area contributed by atoms with Crippen LogP contribution in [0.3, 0.4) is 0 Å². The third kappa shape index (κ3) is 3.33. The van der Waals surface area contributed by atoms with E-state index in [-0.39, 0.29) is 11.5 Å². The first-order valence-electron chi connectivity index (χ1n) is 5.72. The quantitative estimate of drug-likeness (QED) is 0.406. The first-order valence-corrected chi connectivity index (χ1v) is 5.72. The van der Waals surface area contributed by atoms with Gasteiger partial charge in [0.1, 0.15) is 0 Å². The van der Waals surface area contributed by atoms with Crippen LogP contribution in [-0.4, -0.2) is 11.5 Å². The normalized spacial score (nSPS) is 24.7. The van der Waals surface area contributed by atoms with Gasteiger partial charge in [0.15, 0.2) is 0 Å². The molecule has 0 radical (unpaired) electrons. The standard InChI is InChI=1S/C12H21NO2/c1-10-6-4-8-12(2,3)11(10)7-5-9-13(14)15/h6,11H,4-5,7-9H2,1-3H3. The van der Waals surface area contributed by atoms with Crippen molar-refractivity contribution in [2.24, 2.45) is 11.3 Å². The van der Waals surface area contributed by atoms with Gasteiger partial charge >= 0.3 is 0 Å². The molecule has 1 unspecified atom stereocenters. The monoisotopic (exact) mass is 211 g/mol. The Balaban J connectivity index is 2.53. The van der Waals surface area contributed by atoms with Gasteiger partial charge in [-0.1, -0.05) is 25.5 Å². The molecule has 3 heteroatoms. The molecule has 0 N–H and O–H groups in total. The zero-order chi connectivity index (χ0) is 11.5. The van der Waals surface area contributed by atoms with Gasteiger partial charge in [0, 0.05) is 11.3 Å². The van der Waals surface area contributed by atoms with Gasteiger partial charge in [0.05, 0.1) is 0 Å². The third-order valence-electron chi connectivity index (χ3n) is 3.58. The topological polar surface area (TPSA) is 43.1 Å². The molecule has 0 saturated heterocycles. The molecule has 0 aromatic heterocycles. The lowest BCUT2D eigenvalue weighted by Crippen LogP contribution is -2.28. The maximum absolute atomic E-state index is 10.3. The second-order valence-corrected chi connectivity index (χ2v) is 5.23. The smallest absolute Gasteiger partial charge is 0.203 e. The molecule has 1 aliphatic rings. The molecule has 1 aliphatic carbocycles. The summed E-state index contributed by atoms with van der Waals surface area (Å²) in [5, 5.41) is 10.3. The highest BCUT2D eigenvalue weighted by atomic mass is 16.6. The third-order valence-corrected chi connectivity index (χ3v) is 3.58. The Bertz CT molecular complexity index is 269. The van der Waals surface area contributed by atoms with Gasteiger partial charge in [0.25, 0.3) is 0 Å². The van der Waals surface area contributed by atoms with Crippen molar-refractivity contribution in [1.29, 1.82) is 0 Å². The second kappa shape index (κ2) is 4.77. The number of hydrogen-bond donors (Lipinski definition) is 0. The predicted molar refractivity (Wildman–Crippen MR) is 61.4 cm³/mol. The van der Waals surface area contributed by atoms with E-state index in [0.717, 1.165) is 12.8 Å². The molecule has 15 heavy (non-hydrogen) atoms. The fourth-order valence-electron chi connectivity index (χ4n) is 2.65. The highest BCUT2D eigenvalue weighted by Crippen LogP contribution is 2.43. The molecule has 0 fully saturated rings. The van der Waals surface area contributed by atoms with Crippen molar-refractivity contribution in [2.45, 2.75) is 46.5 Å². The molecule has 0 aromatic carbocycles. The maximum atomic E-state index is 10.3. The molecule has 3 nitrogen and oxygen atoms in total. The Kier molecular flexibility index (Phi) is 3.89. The van der Waals surface area contributed by atoms with Gasteiger partial charge in [-0.3, -0.25) is 10.1 Å². The van der Waals surface area contributed by atoms with Crippen LogP contribution in [0.25, 0.3) is 0 Å². The number of nitro groups is 1. The van der Waals surface area contributed by atoms with Crippen LogP contribution in [0.4, 0.5) is 0 Å². The molecule has 1 atom stereocenters. The fourth-order valence-corrected chi connectivity index (χ4v) is 2.65. The van der Waals surface area contributed by atoms with Crippen molar-refractivity contribution >= 4 is 0 Å². The summed E-state index contributed by atoms with van der Waals surface area (Å²) in [7, 11) is 0. The van der Waals surface area contributed by atoms with Crippen molar-refractivity contribution in [3.05, 3.63) is 21.8 Å². The molecule has 0 bridgehead atoms. The Morgan fingerprint density at radius 1 is 1.60 bits per heavy atom. The van der Waals surface area contributed by atoms with Crippen LogP contribution in [0.15, 0.2) is 11.6 Å². The summed E-state index contributed by atoms with van der Waals surface area (Å²) >= 11 is 0. The molecular weight excluding hydrogens is 190 g/mol. The Morgan fingerprint density at radius 3 is 2.80 bits per heavy atom. The van der Waals surface area contributed by atoms with Crippen LogP contribution in [0.1, 0.15) is 46.5 Å². The van der Waals surface area contributed by atoms with Gasteiger partial charge in [-0.25, -0.2) is 0 Å². The minimum atomic E-state index is -0.213. The minimum Gasteiger partial charge on any atom is -0.265 e. The summed E-state index contributed by atoms with van der Waals surface area (Å²) in [6.45, 7) is 6.83. The van der Waals surface area contributed by atoms with Crippen LogP contribution < -0.4 is 0 Å². The molecule has 1 rings (SSSR count). The SMILES string of the molecule is CC1=CCCC(C)(C)C1CCC[N+](=O)[O-]. The van der Waals surface area contributed by atoms with Crippen LogP contribution in [0.5, 0.6) is 0 Å². The highest BCUT2D eigenvalue weighted by Gasteiger charge is 2.32. The Morgan fingerprint density at radius 2 is 2.27 bits per heavy atom. The van der Waals surface area contributed by atoms with E-state index in [1.165, 1.54) is 12.0 Å². The van der Waals surface area contributed by atoms with Gasteiger partial charge in [-0.2, -0.15) is 0 Å². The van der Waals surface area contributed by atoms with Crippen molar-refractivity contribution in [2.75, 3.05) is 6.54 Å². The van der Waals surface area contributed by atoms with Gasteiger partial charge in [-0.05, 0) is 37.5 Å². The first-order chi connectivity index (χ1) is 6.93. The van der Waals surface area contributed by atoms with Crippen molar-refractivity contribution in [3.8, 4) is 0 Å². The number of allylic oxidation sites excluding steroid dienone is 2. The summed E-state index contributed by atoms with van der Waals surface area (Å²) in [6.07, 6.45) is 6.31. The zero-order valence-electron chi connectivity index (χ0n) is 9.95. The van der Waals surface area contributed by atoms with Gasteiger partial charge in [-0.15, -0.1) is 0 Å². The van der Waals surface area contributed by atoms with E-state index in [2.05, 4.69) is 26.8 Å². The van der Waals surface area contributed by atoms with E-state index in [0.29, 0.717) is 17.8 Å². The molecule has 0 saturated carbocycles. The summed E-state index contributed by atoms with van der Waals surface area (Å²) in [4.78, 5) is 10.1. The van der Waals surface area contributed by atoms with Crippen molar-refractivity contribution < 1.29 is 4.92 Å². The lowest BCUT2D eigenvalue weighted by atomic mass is 9.67. The Hall–Kier alpha value is -0.860. The summed E-state index contributed by atoms with van der Waals surface area (Å²) in [6, 6.07) is 0. The predicted octanol–water partition coefficient (Wildman–Crippen LogP) is 3.43. The highest BCUT2D eigenvalue weighted by molar-refractivity contribution is 5.11. The zero-order valence-corrected chi connectivity index (χ0v) is 9.95. The number of rotatable bonds is 4. The molecule has 0 aromatic rings. The summed E-state index contributed by atoms with van der Waals surface area (Å²) in [5.74, 6) is 0.534. The molecule has 0 aliphatic heterocycles. The van der Waals surface area contributed by atoms with E-state index >= 15 is 0 Å². The first kappa shape index (κ1) is 12.2. The van der Waals surface area contributed by atoms with Crippen LogP contribution >= 0.6 is 0 Å². The number of hydrogen-bond acceptors (Lipinski definition) is 2. The lowest BCUT2D eigenvalue weighted by Gasteiger charge is -2.38. The molecule has 0 heterocycles. The largest absolute Gasteiger partial charge is 0.265 e.